The zero-order valence-electron chi connectivity index (χ0n) is 11.9. The van der Waals surface area contributed by atoms with Crippen molar-refractivity contribution in [1.29, 1.82) is 0 Å². The summed E-state index contributed by atoms with van der Waals surface area (Å²) in [6.45, 7) is 4.58. The Morgan fingerprint density at radius 3 is 2.79 bits per heavy atom. The van der Waals surface area contributed by atoms with E-state index >= 15 is 0 Å². The van der Waals surface area contributed by atoms with E-state index in [2.05, 4.69) is 39.2 Å². The number of nitrogens with zero attached hydrogens (tertiary/aromatic N) is 1. The Hall–Kier alpha value is -0.410. The van der Waals surface area contributed by atoms with Gasteiger partial charge in [0.1, 0.15) is 0 Å². The van der Waals surface area contributed by atoms with Gasteiger partial charge in [0.2, 0.25) is 0 Å². The van der Waals surface area contributed by atoms with Crippen LogP contribution in [0.1, 0.15) is 44.6 Å². The van der Waals surface area contributed by atoms with Crippen LogP contribution in [0.2, 0.25) is 0 Å². The minimum atomic E-state index is 0.828. The van der Waals surface area contributed by atoms with Crippen LogP contribution in [-0.4, -0.2) is 18.1 Å². The highest BCUT2D eigenvalue weighted by Crippen LogP contribution is 2.32. The molecular formula is C16H25BrN2. The molecule has 0 aliphatic heterocycles. The molecule has 1 saturated carbocycles. The van der Waals surface area contributed by atoms with Crippen LogP contribution in [0.5, 0.6) is 0 Å². The maximum atomic E-state index is 4.29. The van der Waals surface area contributed by atoms with Crippen molar-refractivity contribution in [2.45, 2.75) is 45.4 Å². The van der Waals surface area contributed by atoms with Crippen LogP contribution >= 0.6 is 15.9 Å². The molecule has 1 aromatic rings. The molecule has 2 unspecified atom stereocenters. The predicted octanol–water partition coefficient (Wildman–Crippen LogP) is 4.19. The van der Waals surface area contributed by atoms with E-state index in [1.54, 1.807) is 0 Å². The molecule has 0 amide bonds. The fourth-order valence-corrected chi connectivity index (χ4v) is 3.57. The molecule has 0 radical (unpaired) electrons. The molecule has 106 valence electrons. The summed E-state index contributed by atoms with van der Waals surface area (Å²) in [5.74, 6) is 1.67. The maximum Gasteiger partial charge on any atom is 0.0410 e. The fraction of sp³-hybridized carbons (Fsp3) is 0.688. The van der Waals surface area contributed by atoms with Crippen molar-refractivity contribution in [2.75, 3.05) is 13.1 Å². The molecule has 0 saturated heterocycles. The number of pyridine rings is 1. The molecule has 2 nitrogen and oxygen atoms in total. The van der Waals surface area contributed by atoms with E-state index < -0.39 is 0 Å². The van der Waals surface area contributed by atoms with Gasteiger partial charge in [0.25, 0.3) is 0 Å². The number of rotatable bonds is 6. The zero-order valence-corrected chi connectivity index (χ0v) is 13.5. The van der Waals surface area contributed by atoms with E-state index in [9.17, 15) is 0 Å². The van der Waals surface area contributed by atoms with Gasteiger partial charge in [0.05, 0.1) is 0 Å². The Balaban J connectivity index is 1.91. The highest BCUT2D eigenvalue weighted by molar-refractivity contribution is 9.10. The van der Waals surface area contributed by atoms with E-state index in [-0.39, 0.29) is 0 Å². The Morgan fingerprint density at radius 2 is 2.05 bits per heavy atom. The third-order valence-electron chi connectivity index (χ3n) is 4.16. The first kappa shape index (κ1) is 15.0. The van der Waals surface area contributed by atoms with Crippen molar-refractivity contribution in [3.63, 3.8) is 0 Å². The van der Waals surface area contributed by atoms with Gasteiger partial charge in [-0.15, -0.1) is 0 Å². The van der Waals surface area contributed by atoms with Gasteiger partial charge < -0.3 is 5.32 Å². The molecule has 1 aliphatic rings. The SMILES string of the molecule is CCCNCC1CCCCC1Cc1cncc(Br)c1. The molecular weight excluding hydrogens is 300 g/mol. The second-order valence-corrected chi connectivity index (χ2v) is 6.64. The van der Waals surface area contributed by atoms with Gasteiger partial charge in [-0.05, 0) is 78.2 Å². The maximum absolute atomic E-state index is 4.29. The average molecular weight is 325 g/mol. The lowest BCUT2D eigenvalue weighted by molar-refractivity contribution is 0.228. The Labute approximate surface area is 125 Å². The van der Waals surface area contributed by atoms with Gasteiger partial charge in [0, 0.05) is 16.9 Å². The largest absolute Gasteiger partial charge is 0.316 e. The van der Waals surface area contributed by atoms with Crippen molar-refractivity contribution >= 4 is 15.9 Å². The predicted molar refractivity (Wildman–Crippen MR) is 84.2 cm³/mol. The summed E-state index contributed by atoms with van der Waals surface area (Å²) < 4.78 is 1.10. The summed E-state index contributed by atoms with van der Waals surface area (Å²) in [5, 5.41) is 3.61. The third-order valence-corrected chi connectivity index (χ3v) is 4.59. The minimum Gasteiger partial charge on any atom is -0.316 e. The number of aromatic nitrogens is 1. The quantitative estimate of drug-likeness (QED) is 0.793. The Morgan fingerprint density at radius 1 is 1.26 bits per heavy atom. The van der Waals surface area contributed by atoms with E-state index in [1.807, 2.05) is 12.4 Å². The van der Waals surface area contributed by atoms with Crippen molar-refractivity contribution in [1.82, 2.24) is 10.3 Å². The molecule has 2 atom stereocenters. The lowest BCUT2D eigenvalue weighted by Gasteiger charge is -2.32. The molecule has 0 spiro atoms. The molecule has 3 heteroatoms. The second kappa shape index (κ2) is 8.01. The Kier molecular flexibility index (Phi) is 6.32. The molecule has 1 aromatic heterocycles. The van der Waals surface area contributed by atoms with Gasteiger partial charge in [-0.25, -0.2) is 0 Å². The standard InChI is InChI=1S/C16H25BrN2/c1-2-7-18-11-15-6-4-3-5-14(15)8-13-9-16(17)12-19-10-13/h9-10,12,14-15,18H,2-8,11H2,1H3. The van der Waals surface area contributed by atoms with Crippen LogP contribution in [0, 0.1) is 11.8 Å². The number of hydrogen-bond donors (Lipinski definition) is 1. The average Bonchev–Trinajstić information content (AvgIpc) is 2.41. The van der Waals surface area contributed by atoms with E-state index in [0.717, 1.165) is 22.9 Å². The first-order valence-electron chi connectivity index (χ1n) is 7.59. The summed E-state index contributed by atoms with van der Waals surface area (Å²) in [4.78, 5) is 4.29. The van der Waals surface area contributed by atoms with Crippen LogP contribution in [0.25, 0.3) is 0 Å². The zero-order chi connectivity index (χ0) is 13.5. The molecule has 1 heterocycles. The summed E-state index contributed by atoms with van der Waals surface area (Å²) in [5.41, 5.74) is 1.38. The van der Waals surface area contributed by atoms with Gasteiger partial charge in [-0.3, -0.25) is 4.98 Å². The topological polar surface area (TPSA) is 24.9 Å². The van der Waals surface area contributed by atoms with Crippen LogP contribution in [-0.2, 0) is 6.42 Å². The van der Waals surface area contributed by atoms with Crippen LogP contribution in [0.4, 0.5) is 0 Å². The normalized spacial score (nSPS) is 23.5. The summed E-state index contributed by atoms with van der Waals surface area (Å²) in [7, 11) is 0. The van der Waals surface area contributed by atoms with E-state index in [0.29, 0.717) is 0 Å². The highest BCUT2D eigenvalue weighted by Gasteiger charge is 2.24. The third kappa shape index (κ3) is 4.88. The number of hydrogen-bond acceptors (Lipinski definition) is 2. The second-order valence-electron chi connectivity index (χ2n) is 5.72. The lowest BCUT2D eigenvalue weighted by Crippen LogP contribution is -2.32. The monoisotopic (exact) mass is 324 g/mol. The fourth-order valence-electron chi connectivity index (χ4n) is 3.16. The molecule has 1 fully saturated rings. The molecule has 2 rings (SSSR count). The smallest absolute Gasteiger partial charge is 0.0410 e. The lowest BCUT2D eigenvalue weighted by atomic mass is 9.76. The van der Waals surface area contributed by atoms with Crippen molar-refractivity contribution in [3.05, 3.63) is 28.5 Å². The molecule has 19 heavy (non-hydrogen) atoms. The van der Waals surface area contributed by atoms with Gasteiger partial charge in [-0.1, -0.05) is 19.8 Å². The number of nitrogens with one attached hydrogen (secondary N) is 1. The van der Waals surface area contributed by atoms with Crippen LogP contribution in [0.3, 0.4) is 0 Å². The highest BCUT2D eigenvalue weighted by atomic mass is 79.9. The molecule has 1 N–H and O–H groups in total. The first-order valence-corrected chi connectivity index (χ1v) is 8.39. The van der Waals surface area contributed by atoms with Crippen molar-refractivity contribution in [3.8, 4) is 0 Å². The van der Waals surface area contributed by atoms with Gasteiger partial charge in [-0.2, -0.15) is 0 Å². The Bertz CT molecular complexity index is 381. The van der Waals surface area contributed by atoms with Gasteiger partial charge in [0.15, 0.2) is 0 Å². The van der Waals surface area contributed by atoms with E-state index in [1.165, 1.54) is 50.6 Å². The van der Waals surface area contributed by atoms with Crippen LogP contribution in [0.15, 0.2) is 22.9 Å². The molecule has 0 aromatic carbocycles. The summed E-state index contributed by atoms with van der Waals surface area (Å²) >= 11 is 3.52. The first-order chi connectivity index (χ1) is 9.29. The summed E-state index contributed by atoms with van der Waals surface area (Å²) in [6, 6.07) is 2.22. The van der Waals surface area contributed by atoms with Crippen molar-refractivity contribution in [2.24, 2.45) is 11.8 Å². The molecule has 1 aliphatic carbocycles. The van der Waals surface area contributed by atoms with Crippen molar-refractivity contribution < 1.29 is 0 Å². The molecule has 0 bridgehead atoms. The number of halogens is 1. The van der Waals surface area contributed by atoms with Gasteiger partial charge >= 0.3 is 0 Å². The van der Waals surface area contributed by atoms with Crippen LogP contribution < -0.4 is 5.32 Å². The van der Waals surface area contributed by atoms with E-state index in [4.69, 9.17) is 0 Å². The summed E-state index contributed by atoms with van der Waals surface area (Å²) in [6.07, 6.45) is 11.9. The minimum absolute atomic E-state index is 0.828.